The van der Waals surface area contributed by atoms with Crippen molar-refractivity contribution in [3.05, 3.63) is 65.8 Å². The molecule has 2 aromatic heterocycles. The van der Waals surface area contributed by atoms with Gasteiger partial charge in [0.05, 0.1) is 18.1 Å². The first-order valence-corrected chi connectivity index (χ1v) is 14.8. The number of piperidine rings is 1. The average Bonchev–Trinajstić information content (AvgIpc) is 3.37. The fourth-order valence-electron chi connectivity index (χ4n) is 6.76. The molecule has 1 saturated carbocycles. The van der Waals surface area contributed by atoms with E-state index >= 15 is 0 Å². The molecule has 0 radical (unpaired) electrons. The fraction of sp³-hybridized carbons (Fsp3) is 0.500. The molecule has 1 saturated heterocycles. The maximum atomic E-state index is 13.0. The van der Waals surface area contributed by atoms with Gasteiger partial charge in [0, 0.05) is 30.1 Å². The number of rotatable bonds is 8. The normalized spacial score (nSPS) is 21.6. The van der Waals surface area contributed by atoms with Crippen LogP contribution in [0.1, 0.15) is 75.7 Å². The zero-order chi connectivity index (χ0) is 27.7. The molecule has 2 fully saturated rings. The molecular formula is C32H39N5O3. The van der Waals surface area contributed by atoms with E-state index in [1.165, 1.54) is 12.8 Å². The van der Waals surface area contributed by atoms with Crippen LogP contribution in [0.25, 0.3) is 16.9 Å². The number of aromatic nitrogens is 3. The molecule has 0 bridgehead atoms. The van der Waals surface area contributed by atoms with Gasteiger partial charge in [-0.2, -0.15) is 0 Å². The van der Waals surface area contributed by atoms with Gasteiger partial charge in [-0.1, -0.05) is 37.8 Å². The van der Waals surface area contributed by atoms with Crippen LogP contribution < -0.4 is 5.32 Å². The number of pyridine rings is 1. The maximum absolute atomic E-state index is 13.0. The summed E-state index contributed by atoms with van der Waals surface area (Å²) < 4.78 is 7.62. The number of hydrogen-bond acceptors (Lipinski definition) is 7. The Labute approximate surface area is 235 Å². The zero-order valence-corrected chi connectivity index (χ0v) is 23.6. The fourth-order valence-corrected chi connectivity index (χ4v) is 6.76. The molecule has 3 aromatic rings. The number of nitrogens with zero attached hydrogens (tertiary/aromatic N) is 4. The molecule has 0 unspecified atom stereocenters. The van der Waals surface area contributed by atoms with Gasteiger partial charge in [0.1, 0.15) is 17.4 Å². The van der Waals surface area contributed by atoms with Crippen LogP contribution >= 0.6 is 0 Å². The quantitative estimate of drug-likeness (QED) is 0.399. The topological polar surface area (TPSA) is 89.3 Å². The molecule has 1 aromatic carbocycles. The Hall–Kier alpha value is -3.52. The summed E-state index contributed by atoms with van der Waals surface area (Å²) in [6.07, 6.45) is 12.4. The van der Waals surface area contributed by atoms with Crippen molar-refractivity contribution in [1.82, 2.24) is 24.8 Å². The number of ketones is 1. The number of allylic oxidation sites excluding steroid dienone is 2. The van der Waals surface area contributed by atoms with Crippen LogP contribution in [0, 0.1) is 5.41 Å². The summed E-state index contributed by atoms with van der Waals surface area (Å²) >= 11 is 0. The summed E-state index contributed by atoms with van der Waals surface area (Å²) in [7, 11) is 2.18. The molecule has 2 aliphatic carbocycles. The van der Waals surface area contributed by atoms with Crippen LogP contribution in [0.15, 0.2) is 54.4 Å². The predicted octanol–water partition coefficient (Wildman–Crippen LogP) is 5.06. The van der Waals surface area contributed by atoms with Gasteiger partial charge in [0.15, 0.2) is 11.4 Å². The van der Waals surface area contributed by atoms with Crippen molar-refractivity contribution in [2.75, 3.05) is 20.2 Å². The second kappa shape index (κ2) is 11.2. The van der Waals surface area contributed by atoms with Crippen LogP contribution in [0.3, 0.4) is 0 Å². The summed E-state index contributed by atoms with van der Waals surface area (Å²) in [5, 5.41) is 3.44. The number of likely N-dealkylation sites (tertiary alicyclic amines) is 1. The molecule has 0 amide bonds. The van der Waals surface area contributed by atoms with E-state index < -0.39 is 11.5 Å². The molecule has 1 N–H and O–H groups in total. The molecule has 8 nitrogen and oxygen atoms in total. The highest BCUT2D eigenvalue weighted by atomic mass is 16.5. The lowest BCUT2D eigenvalue weighted by atomic mass is 9.62. The Kier molecular flexibility index (Phi) is 7.45. The Balaban J connectivity index is 1.27. The highest BCUT2D eigenvalue weighted by molar-refractivity contribution is 6.05. The van der Waals surface area contributed by atoms with Gasteiger partial charge in [-0.15, -0.1) is 0 Å². The maximum Gasteiger partial charge on any atom is 0.328 e. The number of fused-ring (bicyclic) bond motifs is 1. The van der Waals surface area contributed by atoms with E-state index in [9.17, 15) is 9.59 Å². The summed E-state index contributed by atoms with van der Waals surface area (Å²) in [5.41, 5.74) is 4.26. The van der Waals surface area contributed by atoms with E-state index in [0.717, 1.165) is 79.0 Å². The van der Waals surface area contributed by atoms with E-state index in [4.69, 9.17) is 9.72 Å². The van der Waals surface area contributed by atoms with Crippen LogP contribution in [-0.2, 0) is 20.7 Å². The Morgan fingerprint density at radius 1 is 1.12 bits per heavy atom. The third-order valence-corrected chi connectivity index (χ3v) is 9.02. The number of esters is 1. The van der Waals surface area contributed by atoms with Crippen molar-refractivity contribution < 1.29 is 14.3 Å². The van der Waals surface area contributed by atoms with Crippen LogP contribution in [0.4, 0.5) is 0 Å². The van der Waals surface area contributed by atoms with Crippen molar-refractivity contribution in [2.24, 2.45) is 5.41 Å². The third-order valence-electron chi connectivity index (χ3n) is 9.02. The minimum absolute atomic E-state index is 0.197. The predicted molar refractivity (Wildman–Crippen MR) is 154 cm³/mol. The van der Waals surface area contributed by atoms with E-state index in [0.29, 0.717) is 13.0 Å². The van der Waals surface area contributed by atoms with E-state index in [2.05, 4.69) is 51.1 Å². The number of carbonyl (C=O) groups is 2. The SMILES string of the molecule is CCOC(=O)[C@H](Cc1ccc(-n2c([C@H]3CCCCN3C)nc3cccnc32)cc1)NC1=CC(=O)C12CCCCC2. The van der Waals surface area contributed by atoms with Gasteiger partial charge in [-0.25, -0.2) is 14.8 Å². The number of nitrogens with one attached hydrogen (secondary N) is 1. The van der Waals surface area contributed by atoms with Gasteiger partial charge >= 0.3 is 5.97 Å². The van der Waals surface area contributed by atoms with Crippen molar-refractivity contribution in [3.63, 3.8) is 0 Å². The Morgan fingerprint density at radius 2 is 1.93 bits per heavy atom. The molecule has 8 heteroatoms. The first kappa shape index (κ1) is 26.7. The Bertz CT molecular complexity index is 1420. The van der Waals surface area contributed by atoms with Crippen LogP contribution in [-0.4, -0.2) is 57.4 Å². The lowest BCUT2D eigenvalue weighted by Gasteiger charge is -2.44. The molecule has 210 valence electrons. The van der Waals surface area contributed by atoms with Gasteiger partial charge in [-0.05, 0) is 76.0 Å². The molecular weight excluding hydrogens is 502 g/mol. The standard InChI is InChI=1S/C32H39N5O3/c1-3-40-31(39)25(34-27-21-28(38)32(27)16-6-4-7-17-32)20-22-12-14-23(15-13-22)37-29-24(10-9-18-33-29)35-30(37)26-11-5-8-19-36(26)2/h9-10,12-15,18,21,25-26,34H,3-8,11,16-17,19-20H2,1-2H3/t25-,26+/m0/s1. The second-order valence-corrected chi connectivity index (χ2v) is 11.5. The lowest BCUT2D eigenvalue weighted by Crippen LogP contribution is -2.52. The smallest absolute Gasteiger partial charge is 0.328 e. The molecule has 40 heavy (non-hydrogen) atoms. The number of carbonyl (C=O) groups excluding carboxylic acids is 2. The van der Waals surface area contributed by atoms with Crippen molar-refractivity contribution in [1.29, 1.82) is 0 Å². The van der Waals surface area contributed by atoms with Gasteiger partial charge in [0.2, 0.25) is 0 Å². The molecule has 3 aliphatic rings. The van der Waals surface area contributed by atoms with E-state index in [1.807, 2.05) is 25.3 Å². The summed E-state index contributed by atoms with van der Waals surface area (Å²) in [4.78, 5) is 37.7. The highest BCUT2D eigenvalue weighted by Crippen LogP contribution is 2.48. The van der Waals surface area contributed by atoms with Gasteiger partial charge in [-0.3, -0.25) is 14.3 Å². The van der Waals surface area contributed by atoms with Crippen molar-refractivity contribution in [3.8, 4) is 5.69 Å². The molecule has 2 atom stereocenters. The first-order chi connectivity index (χ1) is 19.5. The summed E-state index contributed by atoms with van der Waals surface area (Å²) in [6.45, 7) is 3.20. The highest BCUT2D eigenvalue weighted by Gasteiger charge is 2.49. The molecule has 6 rings (SSSR count). The number of hydrogen-bond donors (Lipinski definition) is 1. The minimum atomic E-state index is -0.550. The lowest BCUT2D eigenvalue weighted by molar-refractivity contribution is -0.146. The van der Waals surface area contributed by atoms with Gasteiger partial charge < -0.3 is 10.1 Å². The molecule has 3 heterocycles. The largest absolute Gasteiger partial charge is 0.464 e. The van der Waals surface area contributed by atoms with Gasteiger partial charge in [0.25, 0.3) is 0 Å². The minimum Gasteiger partial charge on any atom is -0.464 e. The monoisotopic (exact) mass is 541 g/mol. The molecule has 1 aliphatic heterocycles. The van der Waals surface area contributed by atoms with Crippen LogP contribution in [0.5, 0.6) is 0 Å². The third kappa shape index (κ3) is 4.83. The summed E-state index contributed by atoms with van der Waals surface area (Å²) in [6, 6.07) is 12.0. The van der Waals surface area contributed by atoms with Crippen molar-refractivity contribution in [2.45, 2.75) is 76.8 Å². The van der Waals surface area contributed by atoms with E-state index in [-0.39, 0.29) is 17.8 Å². The second-order valence-electron chi connectivity index (χ2n) is 11.5. The van der Waals surface area contributed by atoms with Crippen molar-refractivity contribution >= 4 is 22.9 Å². The van der Waals surface area contributed by atoms with E-state index in [1.54, 1.807) is 6.08 Å². The van der Waals surface area contributed by atoms with Crippen LogP contribution in [0.2, 0.25) is 0 Å². The first-order valence-electron chi connectivity index (χ1n) is 14.8. The number of benzene rings is 1. The summed E-state index contributed by atoms with van der Waals surface area (Å²) in [5.74, 6) is 0.932. The number of imidazole rings is 1. The average molecular weight is 542 g/mol. The Morgan fingerprint density at radius 3 is 2.65 bits per heavy atom. The number of ether oxygens (including phenoxy) is 1. The molecule has 1 spiro atoms. The zero-order valence-electron chi connectivity index (χ0n) is 23.6.